The standard InChI is InChI=1S/C47H76N4O12/c1-25(2)15-17-32-45(9,63-32)39-37(57-14)31(61-43(55)50-35(27(5)6)41(53)51(11)12)22-29(47(39)24-59-47)21-28(7)16-18-33-44(8,62-33)38-36(56-13)30(19-20-46(38)23-58-46)60-42(54)49-34(26(3)4)40(52)48-10/h15-16,26-27,29-39H,17-24H2,1-14H3,(H,48,52)(H,49,54)(H,50,55). The van der Waals surface area contributed by atoms with Crippen LogP contribution in [0.5, 0.6) is 0 Å². The number of nitrogens with zero attached hydrogens (tertiary/aromatic N) is 1. The van der Waals surface area contributed by atoms with Crippen molar-refractivity contribution in [1.29, 1.82) is 0 Å². The maximum Gasteiger partial charge on any atom is 0.408 e. The average molecular weight is 889 g/mol. The van der Waals surface area contributed by atoms with Crippen molar-refractivity contribution >= 4 is 24.0 Å². The molecule has 0 aromatic carbocycles. The van der Waals surface area contributed by atoms with Crippen molar-refractivity contribution in [1.82, 2.24) is 20.9 Å². The minimum absolute atomic E-state index is 0.0222. The summed E-state index contributed by atoms with van der Waals surface area (Å²) in [5, 5.41) is 8.21. The SMILES string of the molecule is CNC(=O)C(NC(=O)OC1CCC2(CO2)C(C2(C)OC2CC=C(C)CC2CC(OC(=O)NC(C(=O)N(C)C)C(C)C)C(OC)C(C3(C)OC3CC=C(C)C)C23CO3)C1OC)C(C)C. The lowest BCUT2D eigenvalue weighted by atomic mass is 9.62. The van der Waals surface area contributed by atoms with Gasteiger partial charge in [-0.1, -0.05) is 51.0 Å². The maximum absolute atomic E-state index is 13.7. The van der Waals surface area contributed by atoms with E-state index in [-0.39, 0.29) is 53.6 Å². The zero-order chi connectivity index (χ0) is 46.4. The lowest BCUT2D eigenvalue weighted by molar-refractivity contribution is -0.139. The second kappa shape index (κ2) is 18.9. The first-order chi connectivity index (χ1) is 29.6. The normalized spacial score (nSPS) is 38.7. The van der Waals surface area contributed by atoms with E-state index in [2.05, 4.69) is 62.7 Å². The number of hydrogen-bond acceptors (Lipinski definition) is 12. The smallest absolute Gasteiger partial charge is 0.408 e. The summed E-state index contributed by atoms with van der Waals surface area (Å²) in [5.41, 5.74) is 0.253. The van der Waals surface area contributed by atoms with E-state index in [1.807, 2.05) is 27.7 Å². The molecule has 2 saturated carbocycles. The summed E-state index contributed by atoms with van der Waals surface area (Å²) in [6, 6.07) is -1.48. The summed E-state index contributed by atoms with van der Waals surface area (Å²) >= 11 is 0. The Balaban J connectivity index is 1.17. The Morgan fingerprint density at radius 3 is 1.79 bits per heavy atom. The molecule has 15 atom stereocenters. The minimum Gasteiger partial charge on any atom is -0.443 e. The Kier molecular flexibility index (Phi) is 14.8. The number of nitrogens with one attached hydrogen (secondary N) is 3. The third kappa shape index (κ3) is 10.1. The van der Waals surface area contributed by atoms with Gasteiger partial charge in [-0.25, -0.2) is 9.59 Å². The highest BCUT2D eigenvalue weighted by atomic mass is 16.6. The van der Waals surface area contributed by atoms with Gasteiger partial charge in [-0.3, -0.25) is 9.59 Å². The fourth-order valence-electron chi connectivity index (χ4n) is 11.1. The minimum atomic E-state index is -0.746. The van der Waals surface area contributed by atoms with Crippen molar-refractivity contribution < 1.29 is 57.1 Å². The van der Waals surface area contributed by atoms with Crippen LogP contribution in [0.2, 0.25) is 0 Å². The van der Waals surface area contributed by atoms with Gasteiger partial charge >= 0.3 is 12.2 Å². The largest absolute Gasteiger partial charge is 0.443 e. The van der Waals surface area contributed by atoms with Crippen LogP contribution in [0.1, 0.15) is 101 Å². The molecule has 6 fully saturated rings. The predicted molar refractivity (Wildman–Crippen MR) is 234 cm³/mol. The first-order valence-corrected chi connectivity index (χ1v) is 23.0. The summed E-state index contributed by atoms with van der Waals surface area (Å²) in [5.74, 6) is -1.22. The summed E-state index contributed by atoms with van der Waals surface area (Å²) in [4.78, 5) is 53.8. The van der Waals surface area contributed by atoms with Gasteiger partial charge in [0, 0.05) is 35.4 Å². The summed E-state index contributed by atoms with van der Waals surface area (Å²) in [6.45, 7) is 19.1. The lowest BCUT2D eigenvalue weighted by Crippen LogP contribution is -2.60. The van der Waals surface area contributed by atoms with Crippen molar-refractivity contribution in [2.24, 2.45) is 29.6 Å². The monoisotopic (exact) mass is 889 g/mol. The molecule has 0 bridgehead atoms. The zero-order valence-electron chi connectivity index (χ0n) is 40.2. The molecule has 6 aliphatic rings. The second-order valence-electron chi connectivity index (χ2n) is 20.5. The van der Waals surface area contributed by atoms with Crippen LogP contribution in [0.3, 0.4) is 0 Å². The zero-order valence-corrected chi connectivity index (χ0v) is 40.2. The van der Waals surface area contributed by atoms with Crippen molar-refractivity contribution in [3.63, 3.8) is 0 Å². The van der Waals surface area contributed by atoms with E-state index in [0.717, 1.165) is 12.0 Å². The topological polar surface area (TPSA) is 195 Å². The van der Waals surface area contributed by atoms with E-state index in [1.165, 1.54) is 17.5 Å². The molecule has 4 saturated heterocycles. The molecule has 0 radical (unpaired) electrons. The summed E-state index contributed by atoms with van der Waals surface area (Å²) < 4.78 is 50.4. The van der Waals surface area contributed by atoms with E-state index in [0.29, 0.717) is 45.3 Å². The first-order valence-electron chi connectivity index (χ1n) is 23.0. The van der Waals surface area contributed by atoms with Gasteiger partial charge in [-0.2, -0.15) is 0 Å². The van der Waals surface area contributed by atoms with Gasteiger partial charge in [0.15, 0.2) is 0 Å². The molecule has 16 nitrogen and oxygen atoms in total. The van der Waals surface area contributed by atoms with Crippen LogP contribution in [-0.4, -0.2) is 149 Å². The fraction of sp³-hybridized carbons (Fsp3) is 0.830. The number of allylic oxidation sites excluding steroid dienone is 2. The predicted octanol–water partition coefficient (Wildman–Crippen LogP) is 5.07. The Morgan fingerprint density at radius 2 is 1.30 bits per heavy atom. The van der Waals surface area contributed by atoms with Crippen molar-refractivity contribution in [2.45, 2.75) is 172 Å². The summed E-state index contributed by atoms with van der Waals surface area (Å²) in [6.07, 6.45) is 4.61. The van der Waals surface area contributed by atoms with Gasteiger partial charge in [0.25, 0.3) is 0 Å². The number of alkyl carbamates (subject to hydrolysis) is 2. The van der Waals surface area contributed by atoms with Crippen LogP contribution < -0.4 is 16.0 Å². The molecular formula is C47H76N4O12. The molecule has 2 spiro atoms. The van der Waals surface area contributed by atoms with E-state index < -0.39 is 71.1 Å². The van der Waals surface area contributed by atoms with Crippen LogP contribution in [0, 0.1) is 29.6 Å². The Morgan fingerprint density at radius 1 is 0.778 bits per heavy atom. The number of likely N-dealkylation sites (N-methyl/N-ethyl adjacent to an activating group) is 2. The molecule has 3 N–H and O–H groups in total. The number of amides is 4. The third-order valence-corrected chi connectivity index (χ3v) is 14.9. The molecule has 15 unspecified atom stereocenters. The number of hydrogen-bond donors (Lipinski definition) is 3. The number of methoxy groups -OCH3 is 2. The Labute approximate surface area is 374 Å². The number of carbonyl (C=O) groups is 4. The van der Waals surface area contributed by atoms with Crippen molar-refractivity contribution in [3.8, 4) is 0 Å². The molecule has 4 amide bonds. The second-order valence-corrected chi connectivity index (χ2v) is 20.5. The number of ether oxygens (including phenoxy) is 8. The lowest BCUT2D eigenvalue weighted by Gasteiger charge is -2.47. The van der Waals surface area contributed by atoms with Crippen LogP contribution >= 0.6 is 0 Å². The van der Waals surface area contributed by atoms with Gasteiger partial charge in [-0.05, 0) is 90.9 Å². The molecule has 4 heterocycles. The molecule has 4 aliphatic heterocycles. The van der Waals surface area contributed by atoms with Gasteiger partial charge in [-0.15, -0.1) is 0 Å². The number of epoxide rings is 4. The molecule has 356 valence electrons. The van der Waals surface area contributed by atoms with Crippen LogP contribution in [-0.2, 0) is 47.5 Å². The highest BCUT2D eigenvalue weighted by molar-refractivity contribution is 5.86. The average Bonchev–Trinajstić information content (AvgIpc) is 4.09. The van der Waals surface area contributed by atoms with Gasteiger partial charge in [0.2, 0.25) is 11.8 Å². The molecule has 16 heteroatoms. The fourth-order valence-corrected chi connectivity index (χ4v) is 11.1. The van der Waals surface area contributed by atoms with Gasteiger partial charge in [0.1, 0.15) is 58.9 Å². The van der Waals surface area contributed by atoms with E-state index in [1.54, 1.807) is 28.3 Å². The van der Waals surface area contributed by atoms with Gasteiger partial charge < -0.3 is 58.7 Å². The van der Waals surface area contributed by atoms with E-state index in [9.17, 15) is 19.2 Å². The van der Waals surface area contributed by atoms with E-state index in [4.69, 9.17) is 37.9 Å². The highest BCUT2D eigenvalue weighted by Gasteiger charge is 2.75. The van der Waals surface area contributed by atoms with E-state index >= 15 is 0 Å². The van der Waals surface area contributed by atoms with Crippen molar-refractivity contribution in [2.75, 3.05) is 48.6 Å². The van der Waals surface area contributed by atoms with Gasteiger partial charge in [0.05, 0.1) is 37.3 Å². The summed E-state index contributed by atoms with van der Waals surface area (Å²) in [7, 11) is 8.16. The third-order valence-electron chi connectivity index (χ3n) is 14.9. The first kappa shape index (κ1) is 49.2. The van der Waals surface area contributed by atoms with Crippen LogP contribution in [0.25, 0.3) is 0 Å². The quantitative estimate of drug-likeness (QED) is 0.122. The van der Waals surface area contributed by atoms with Crippen LogP contribution in [0.15, 0.2) is 23.3 Å². The van der Waals surface area contributed by atoms with Crippen molar-refractivity contribution in [3.05, 3.63) is 23.3 Å². The molecule has 0 aromatic heterocycles. The maximum atomic E-state index is 13.7. The Bertz CT molecular complexity index is 1760. The molecule has 0 aromatic rings. The number of rotatable bonds is 18. The molecule has 6 rings (SSSR count). The molecule has 63 heavy (non-hydrogen) atoms. The Hall–Kier alpha value is -3.28. The molecule has 2 aliphatic carbocycles. The highest BCUT2D eigenvalue weighted by Crippen LogP contribution is 2.63. The number of carbonyl (C=O) groups excluding carboxylic acids is 4. The van der Waals surface area contributed by atoms with Crippen LogP contribution in [0.4, 0.5) is 9.59 Å². The molecular weight excluding hydrogens is 813 g/mol.